The van der Waals surface area contributed by atoms with Gasteiger partial charge in [0.1, 0.15) is 5.75 Å². The zero-order valence-corrected chi connectivity index (χ0v) is 21.5. The normalized spacial score (nSPS) is 12.2. The maximum Gasteiger partial charge on any atom is 0.422 e. The van der Waals surface area contributed by atoms with Crippen molar-refractivity contribution >= 4 is 22.5 Å². The van der Waals surface area contributed by atoms with E-state index in [1.165, 1.54) is 45.5 Å². The van der Waals surface area contributed by atoms with Crippen molar-refractivity contribution in [3.05, 3.63) is 60.3 Å². The van der Waals surface area contributed by atoms with Gasteiger partial charge in [-0.25, -0.2) is 4.39 Å². The summed E-state index contributed by atoms with van der Waals surface area (Å²) in [5.74, 6) is -1.26. The van der Waals surface area contributed by atoms with E-state index in [1.807, 2.05) is 0 Å². The number of methoxy groups -OCH3 is 2. The second-order valence-corrected chi connectivity index (χ2v) is 8.55. The first-order valence-electron chi connectivity index (χ1n) is 11.7. The molecule has 0 aliphatic heterocycles. The minimum atomic E-state index is -4.66. The molecule has 2 heterocycles. The first-order chi connectivity index (χ1) is 19.0. The van der Waals surface area contributed by atoms with E-state index in [0.29, 0.717) is 22.4 Å². The van der Waals surface area contributed by atoms with Gasteiger partial charge < -0.3 is 29.4 Å². The van der Waals surface area contributed by atoms with E-state index >= 15 is 0 Å². The summed E-state index contributed by atoms with van der Waals surface area (Å²) in [6.07, 6.45) is -3.01. The molecule has 0 aliphatic carbocycles. The lowest BCUT2D eigenvalue weighted by Crippen LogP contribution is -2.21. The molecule has 1 atom stereocenters. The molecule has 0 saturated heterocycles. The van der Waals surface area contributed by atoms with Gasteiger partial charge in [0.2, 0.25) is 0 Å². The minimum Gasteiger partial charge on any atom is -0.493 e. The van der Waals surface area contributed by atoms with Crippen LogP contribution in [-0.4, -0.2) is 58.9 Å². The highest BCUT2D eigenvalue weighted by Crippen LogP contribution is 2.37. The Bertz CT molecular complexity index is 1520. The highest BCUT2D eigenvalue weighted by molar-refractivity contribution is 6.04. The fraction of sp³-hybridized carbons (Fsp3) is 0.269. The molecule has 0 bridgehead atoms. The van der Waals surface area contributed by atoms with Crippen molar-refractivity contribution in [2.45, 2.75) is 25.7 Å². The number of benzene rings is 2. The number of hydrogen-bond donors (Lipinski definition) is 2. The predicted octanol–water partition coefficient (Wildman–Crippen LogP) is 4.95. The van der Waals surface area contributed by atoms with Crippen LogP contribution >= 0.6 is 0 Å². The molecule has 2 aromatic carbocycles. The quantitative estimate of drug-likeness (QED) is 0.260. The molecule has 4 rings (SSSR count). The number of pyridine rings is 1. The Morgan fingerprint density at radius 3 is 2.42 bits per heavy atom. The van der Waals surface area contributed by atoms with Gasteiger partial charge in [-0.15, -0.1) is 0 Å². The van der Waals surface area contributed by atoms with Gasteiger partial charge in [0.15, 0.2) is 41.1 Å². The molecule has 0 fully saturated rings. The van der Waals surface area contributed by atoms with Gasteiger partial charge in [0.25, 0.3) is 5.91 Å². The zero-order chi connectivity index (χ0) is 29.0. The highest BCUT2D eigenvalue weighted by Gasteiger charge is 2.30. The van der Waals surface area contributed by atoms with E-state index in [9.17, 15) is 27.5 Å². The third-order valence-corrected chi connectivity index (χ3v) is 5.40. The van der Waals surface area contributed by atoms with E-state index < -0.39 is 42.1 Å². The molecule has 4 aromatic rings. The van der Waals surface area contributed by atoms with Crippen molar-refractivity contribution in [3.8, 4) is 28.7 Å². The average Bonchev–Trinajstić information content (AvgIpc) is 3.30. The lowest BCUT2D eigenvalue weighted by molar-refractivity contribution is -0.153. The number of hydrogen-bond acceptors (Lipinski definition) is 8. The Morgan fingerprint density at radius 1 is 1.05 bits per heavy atom. The molecule has 1 amide bonds. The van der Waals surface area contributed by atoms with Crippen LogP contribution in [0.3, 0.4) is 0 Å². The van der Waals surface area contributed by atoms with Gasteiger partial charge in [-0.1, -0.05) is 0 Å². The summed E-state index contributed by atoms with van der Waals surface area (Å²) in [6.45, 7) is -0.318. The predicted molar refractivity (Wildman–Crippen MR) is 135 cm³/mol. The van der Waals surface area contributed by atoms with Crippen LogP contribution in [0.4, 0.5) is 23.2 Å². The summed E-state index contributed by atoms with van der Waals surface area (Å²) in [4.78, 5) is 17.1. The Balaban J connectivity index is 1.55. The van der Waals surface area contributed by atoms with Crippen molar-refractivity contribution in [3.63, 3.8) is 0 Å². The maximum absolute atomic E-state index is 15.0. The number of nitrogens with one attached hydrogen (secondary N) is 1. The van der Waals surface area contributed by atoms with Crippen LogP contribution in [0.2, 0.25) is 0 Å². The Kier molecular flexibility index (Phi) is 8.28. The van der Waals surface area contributed by atoms with E-state index in [-0.39, 0.29) is 23.7 Å². The van der Waals surface area contributed by atoms with Crippen LogP contribution in [0.1, 0.15) is 17.4 Å². The molecule has 10 nitrogen and oxygen atoms in total. The number of alkyl halides is 3. The largest absolute Gasteiger partial charge is 0.493 e. The van der Waals surface area contributed by atoms with Crippen molar-refractivity contribution in [2.24, 2.45) is 0 Å². The lowest BCUT2D eigenvalue weighted by atomic mass is 10.2. The molecular weight excluding hydrogens is 540 g/mol. The second kappa shape index (κ2) is 11.7. The third kappa shape index (κ3) is 6.69. The lowest BCUT2D eigenvalue weighted by Gasteiger charge is -2.13. The molecule has 0 aliphatic rings. The first kappa shape index (κ1) is 28.4. The second-order valence-electron chi connectivity index (χ2n) is 8.55. The zero-order valence-electron chi connectivity index (χ0n) is 21.5. The summed E-state index contributed by atoms with van der Waals surface area (Å²) in [5.41, 5.74) is 0.0176. The van der Waals surface area contributed by atoms with Crippen LogP contribution in [0.25, 0.3) is 10.9 Å². The summed E-state index contributed by atoms with van der Waals surface area (Å²) < 4.78 is 75.2. The Morgan fingerprint density at radius 2 is 1.77 bits per heavy atom. The number of aliphatic hydroxyl groups is 1. The van der Waals surface area contributed by atoms with Crippen LogP contribution in [-0.2, 0) is 6.54 Å². The molecule has 212 valence electrons. The minimum absolute atomic E-state index is 0.0207. The SMILES string of the molecule is COc1cc2nccc(Oc3ccc(NC(=O)c4nn(CC(C)O)cc4OCC(F)(F)F)cc3F)c2cc1OC. The topological polar surface area (TPSA) is 117 Å². The number of rotatable bonds is 10. The highest BCUT2D eigenvalue weighted by atomic mass is 19.4. The summed E-state index contributed by atoms with van der Waals surface area (Å²) in [6, 6.07) is 8.40. The number of ether oxygens (including phenoxy) is 4. The summed E-state index contributed by atoms with van der Waals surface area (Å²) >= 11 is 0. The van der Waals surface area contributed by atoms with Gasteiger partial charge in [0.05, 0.1) is 38.6 Å². The van der Waals surface area contributed by atoms with Crippen molar-refractivity contribution in [1.29, 1.82) is 0 Å². The van der Waals surface area contributed by atoms with Gasteiger partial charge >= 0.3 is 6.18 Å². The number of nitrogens with zero attached hydrogens (tertiary/aromatic N) is 3. The molecule has 1 unspecified atom stereocenters. The van der Waals surface area contributed by atoms with Gasteiger partial charge in [-0.05, 0) is 31.2 Å². The molecule has 14 heteroatoms. The molecule has 2 N–H and O–H groups in total. The molecule has 0 spiro atoms. The Hall–Kier alpha value is -4.59. The van der Waals surface area contributed by atoms with E-state index in [4.69, 9.17) is 18.9 Å². The molecule has 2 aromatic heterocycles. The number of aromatic nitrogens is 3. The van der Waals surface area contributed by atoms with Crippen molar-refractivity contribution < 1.29 is 46.4 Å². The number of halogens is 4. The molecule has 40 heavy (non-hydrogen) atoms. The van der Waals surface area contributed by atoms with Crippen molar-refractivity contribution in [1.82, 2.24) is 14.8 Å². The summed E-state index contributed by atoms with van der Waals surface area (Å²) in [7, 11) is 2.95. The number of carbonyl (C=O) groups is 1. The monoisotopic (exact) mass is 564 g/mol. The van der Waals surface area contributed by atoms with Gasteiger partial charge in [-0.3, -0.25) is 14.5 Å². The number of amides is 1. The smallest absolute Gasteiger partial charge is 0.422 e. The standard InChI is InChI=1S/C26H24F4N4O6/c1-14(35)11-34-12-23(39-13-26(28,29)30)24(33-34)25(36)32-15-4-5-20(17(27)8-15)40-19-6-7-31-18-10-22(38-3)21(37-2)9-16(18)19/h4-10,12,14,35H,11,13H2,1-3H3,(H,32,36). The van der Waals surface area contributed by atoms with Crippen LogP contribution < -0.4 is 24.3 Å². The van der Waals surface area contributed by atoms with Gasteiger partial charge in [0, 0.05) is 29.4 Å². The van der Waals surface area contributed by atoms with Gasteiger partial charge in [-0.2, -0.15) is 18.3 Å². The van der Waals surface area contributed by atoms with Crippen LogP contribution in [0, 0.1) is 5.82 Å². The average molecular weight is 564 g/mol. The fourth-order valence-electron chi connectivity index (χ4n) is 3.70. The molecule has 0 radical (unpaired) electrons. The number of fused-ring (bicyclic) bond motifs is 1. The van der Waals surface area contributed by atoms with Crippen LogP contribution in [0.5, 0.6) is 28.7 Å². The van der Waals surface area contributed by atoms with E-state index in [1.54, 1.807) is 12.1 Å². The van der Waals surface area contributed by atoms with Crippen molar-refractivity contribution in [2.75, 3.05) is 26.1 Å². The summed E-state index contributed by atoms with van der Waals surface area (Å²) in [5, 5.41) is 16.4. The maximum atomic E-state index is 15.0. The van der Waals surface area contributed by atoms with E-state index in [2.05, 4.69) is 15.4 Å². The number of carbonyl (C=O) groups excluding carboxylic acids is 1. The Labute approximate surface area is 225 Å². The van der Waals surface area contributed by atoms with E-state index in [0.717, 1.165) is 16.9 Å². The third-order valence-electron chi connectivity index (χ3n) is 5.40. The first-order valence-corrected chi connectivity index (χ1v) is 11.7. The molecule has 0 saturated carbocycles. The fourth-order valence-corrected chi connectivity index (χ4v) is 3.70. The van der Waals surface area contributed by atoms with Crippen LogP contribution in [0.15, 0.2) is 48.8 Å². The number of aliphatic hydroxyl groups excluding tert-OH is 1. The number of anilines is 1. The molecular formula is C26H24F4N4O6.